The van der Waals surface area contributed by atoms with Crippen molar-refractivity contribution >= 4 is 11.6 Å². The summed E-state index contributed by atoms with van der Waals surface area (Å²) in [5.74, 6) is 0.799. The highest BCUT2D eigenvalue weighted by Gasteiger charge is 1.96. The molecule has 0 aliphatic rings. The second-order valence-corrected chi connectivity index (χ2v) is 3.51. The third-order valence-corrected chi connectivity index (χ3v) is 1.87. The Bertz CT molecular complexity index is 263. The van der Waals surface area contributed by atoms with Crippen LogP contribution in [0.15, 0.2) is 24.3 Å². The summed E-state index contributed by atoms with van der Waals surface area (Å²) in [6.45, 7) is 2.60. The molecule has 1 atom stereocenters. The smallest absolute Gasteiger partial charge is 0.120 e. The summed E-state index contributed by atoms with van der Waals surface area (Å²) in [7, 11) is 0. The SMILES string of the molecule is CC(N)CCOc1cccc(Cl)c1. The second-order valence-electron chi connectivity index (χ2n) is 3.07. The zero-order valence-electron chi connectivity index (χ0n) is 7.66. The fourth-order valence-electron chi connectivity index (χ4n) is 0.919. The van der Waals surface area contributed by atoms with Crippen molar-refractivity contribution in [2.24, 2.45) is 5.73 Å². The van der Waals surface area contributed by atoms with Crippen molar-refractivity contribution in [2.75, 3.05) is 6.61 Å². The molecule has 1 aromatic rings. The predicted octanol–water partition coefficient (Wildman–Crippen LogP) is 2.46. The van der Waals surface area contributed by atoms with Gasteiger partial charge in [0.25, 0.3) is 0 Å². The van der Waals surface area contributed by atoms with Crippen molar-refractivity contribution in [3.8, 4) is 5.75 Å². The van der Waals surface area contributed by atoms with Gasteiger partial charge in [-0.1, -0.05) is 17.7 Å². The molecule has 72 valence electrons. The Morgan fingerprint density at radius 1 is 1.54 bits per heavy atom. The van der Waals surface area contributed by atoms with E-state index in [0.29, 0.717) is 11.6 Å². The van der Waals surface area contributed by atoms with Gasteiger partial charge in [0, 0.05) is 11.1 Å². The summed E-state index contributed by atoms with van der Waals surface area (Å²) < 4.78 is 5.43. The van der Waals surface area contributed by atoms with Gasteiger partial charge < -0.3 is 10.5 Å². The van der Waals surface area contributed by atoms with Crippen LogP contribution < -0.4 is 10.5 Å². The molecule has 0 fully saturated rings. The van der Waals surface area contributed by atoms with E-state index in [2.05, 4.69) is 0 Å². The maximum atomic E-state index is 5.78. The van der Waals surface area contributed by atoms with Crippen LogP contribution in [-0.2, 0) is 0 Å². The highest BCUT2D eigenvalue weighted by Crippen LogP contribution is 2.17. The molecule has 3 heteroatoms. The fourth-order valence-corrected chi connectivity index (χ4v) is 1.10. The minimum atomic E-state index is 0.180. The Kier molecular flexibility index (Phi) is 4.06. The highest BCUT2D eigenvalue weighted by molar-refractivity contribution is 6.30. The van der Waals surface area contributed by atoms with Crippen LogP contribution in [0, 0.1) is 0 Å². The van der Waals surface area contributed by atoms with E-state index in [1.54, 1.807) is 6.07 Å². The fraction of sp³-hybridized carbons (Fsp3) is 0.400. The van der Waals surface area contributed by atoms with Gasteiger partial charge in [-0.2, -0.15) is 0 Å². The van der Waals surface area contributed by atoms with Crippen molar-refractivity contribution in [3.05, 3.63) is 29.3 Å². The number of halogens is 1. The summed E-state index contributed by atoms with van der Waals surface area (Å²) in [5.41, 5.74) is 5.58. The van der Waals surface area contributed by atoms with Crippen LogP contribution in [0.1, 0.15) is 13.3 Å². The van der Waals surface area contributed by atoms with Gasteiger partial charge in [-0.15, -0.1) is 0 Å². The molecule has 2 N–H and O–H groups in total. The van der Waals surface area contributed by atoms with Gasteiger partial charge in [-0.25, -0.2) is 0 Å². The van der Waals surface area contributed by atoms with Gasteiger partial charge in [0.05, 0.1) is 6.61 Å². The molecule has 0 spiro atoms. The number of hydrogen-bond acceptors (Lipinski definition) is 2. The molecule has 0 radical (unpaired) electrons. The molecule has 0 amide bonds. The van der Waals surface area contributed by atoms with Crippen molar-refractivity contribution in [1.29, 1.82) is 0 Å². The molecule has 0 aromatic heterocycles. The minimum absolute atomic E-state index is 0.180. The van der Waals surface area contributed by atoms with E-state index in [9.17, 15) is 0 Å². The summed E-state index contributed by atoms with van der Waals surface area (Å²) in [6.07, 6.45) is 0.854. The molecular formula is C10H14ClNO. The Morgan fingerprint density at radius 2 is 2.31 bits per heavy atom. The zero-order valence-corrected chi connectivity index (χ0v) is 8.42. The molecule has 0 aliphatic carbocycles. The largest absolute Gasteiger partial charge is 0.493 e. The van der Waals surface area contributed by atoms with E-state index in [1.165, 1.54) is 0 Å². The number of benzene rings is 1. The van der Waals surface area contributed by atoms with Gasteiger partial charge in [0.2, 0.25) is 0 Å². The van der Waals surface area contributed by atoms with E-state index in [0.717, 1.165) is 12.2 Å². The van der Waals surface area contributed by atoms with Crippen LogP contribution in [-0.4, -0.2) is 12.6 Å². The van der Waals surface area contributed by atoms with Crippen molar-refractivity contribution < 1.29 is 4.74 Å². The maximum absolute atomic E-state index is 5.78. The molecule has 2 nitrogen and oxygen atoms in total. The lowest BCUT2D eigenvalue weighted by molar-refractivity contribution is 0.301. The molecule has 1 aromatic carbocycles. The van der Waals surface area contributed by atoms with Crippen molar-refractivity contribution in [1.82, 2.24) is 0 Å². The van der Waals surface area contributed by atoms with Crippen LogP contribution in [0.25, 0.3) is 0 Å². The van der Waals surface area contributed by atoms with Crippen LogP contribution in [0.2, 0.25) is 5.02 Å². The lowest BCUT2D eigenvalue weighted by Crippen LogP contribution is -2.18. The van der Waals surface area contributed by atoms with E-state index >= 15 is 0 Å². The van der Waals surface area contributed by atoms with Crippen LogP contribution >= 0.6 is 11.6 Å². The van der Waals surface area contributed by atoms with E-state index in [1.807, 2.05) is 25.1 Å². The topological polar surface area (TPSA) is 35.2 Å². The Hall–Kier alpha value is -0.730. The summed E-state index contributed by atoms with van der Waals surface area (Å²) in [6, 6.07) is 7.54. The van der Waals surface area contributed by atoms with Gasteiger partial charge in [-0.3, -0.25) is 0 Å². The number of rotatable bonds is 4. The van der Waals surface area contributed by atoms with Crippen LogP contribution in [0.5, 0.6) is 5.75 Å². The lowest BCUT2D eigenvalue weighted by Gasteiger charge is -2.07. The molecule has 13 heavy (non-hydrogen) atoms. The summed E-state index contributed by atoms with van der Waals surface area (Å²) in [5, 5.41) is 0.693. The Labute approximate surface area is 83.6 Å². The Balaban J connectivity index is 2.37. The molecule has 0 bridgehead atoms. The summed E-state index contributed by atoms with van der Waals surface area (Å²) in [4.78, 5) is 0. The first kappa shape index (κ1) is 10.4. The third kappa shape index (κ3) is 4.15. The number of nitrogens with two attached hydrogens (primary N) is 1. The number of hydrogen-bond donors (Lipinski definition) is 1. The molecule has 0 heterocycles. The van der Waals surface area contributed by atoms with Gasteiger partial charge in [0.15, 0.2) is 0 Å². The number of ether oxygens (including phenoxy) is 1. The standard InChI is InChI=1S/C10H14ClNO/c1-8(12)5-6-13-10-4-2-3-9(11)7-10/h2-4,7-8H,5-6,12H2,1H3. The van der Waals surface area contributed by atoms with Gasteiger partial charge >= 0.3 is 0 Å². The van der Waals surface area contributed by atoms with E-state index in [4.69, 9.17) is 22.1 Å². The minimum Gasteiger partial charge on any atom is -0.493 e. The van der Waals surface area contributed by atoms with E-state index < -0.39 is 0 Å². The molecule has 0 aliphatic heterocycles. The molecule has 0 saturated carbocycles. The third-order valence-electron chi connectivity index (χ3n) is 1.64. The molecule has 1 unspecified atom stereocenters. The molecular weight excluding hydrogens is 186 g/mol. The molecule has 1 rings (SSSR count). The van der Waals surface area contributed by atoms with Crippen molar-refractivity contribution in [2.45, 2.75) is 19.4 Å². The van der Waals surface area contributed by atoms with Crippen LogP contribution in [0.4, 0.5) is 0 Å². The average Bonchev–Trinajstić information content (AvgIpc) is 2.03. The molecule has 0 saturated heterocycles. The van der Waals surface area contributed by atoms with Crippen molar-refractivity contribution in [3.63, 3.8) is 0 Å². The zero-order chi connectivity index (χ0) is 9.68. The monoisotopic (exact) mass is 199 g/mol. The first-order valence-corrected chi connectivity index (χ1v) is 4.70. The van der Waals surface area contributed by atoms with E-state index in [-0.39, 0.29) is 6.04 Å². The predicted molar refractivity (Wildman–Crippen MR) is 55.2 cm³/mol. The quantitative estimate of drug-likeness (QED) is 0.809. The Morgan fingerprint density at radius 3 is 2.92 bits per heavy atom. The average molecular weight is 200 g/mol. The second kappa shape index (κ2) is 5.10. The summed E-state index contributed by atoms with van der Waals surface area (Å²) >= 11 is 5.78. The lowest BCUT2D eigenvalue weighted by atomic mass is 10.3. The van der Waals surface area contributed by atoms with Gasteiger partial charge in [0.1, 0.15) is 5.75 Å². The first-order valence-electron chi connectivity index (χ1n) is 4.32. The first-order chi connectivity index (χ1) is 6.18. The van der Waals surface area contributed by atoms with Gasteiger partial charge in [-0.05, 0) is 31.5 Å². The maximum Gasteiger partial charge on any atom is 0.120 e. The normalized spacial score (nSPS) is 12.5. The highest BCUT2D eigenvalue weighted by atomic mass is 35.5. The van der Waals surface area contributed by atoms with Crippen LogP contribution in [0.3, 0.4) is 0 Å².